The summed E-state index contributed by atoms with van der Waals surface area (Å²) < 4.78 is 0. The zero-order valence-electron chi connectivity index (χ0n) is 11.3. The van der Waals surface area contributed by atoms with Gasteiger partial charge in [-0.3, -0.25) is 4.98 Å². The summed E-state index contributed by atoms with van der Waals surface area (Å²) in [4.78, 5) is 19.5. The lowest BCUT2D eigenvalue weighted by atomic mass is 10.1. The smallest absolute Gasteiger partial charge is 0.335 e. The SMILES string of the molecule is CCCc1cc(C(=O)O)cc(NCc2ccncc2)n1. The van der Waals surface area contributed by atoms with Crippen LogP contribution >= 0.6 is 0 Å². The minimum atomic E-state index is -0.934. The molecule has 104 valence electrons. The fourth-order valence-electron chi connectivity index (χ4n) is 1.88. The molecule has 0 aliphatic carbocycles. The zero-order chi connectivity index (χ0) is 14.4. The lowest BCUT2D eigenvalue weighted by Crippen LogP contribution is -2.06. The molecule has 2 rings (SSSR count). The molecule has 0 unspecified atom stereocenters. The minimum absolute atomic E-state index is 0.265. The van der Waals surface area contributed by atoms with Gasteiger partial charge in [0.1, 0.15) is 5.82 Å². The number of hydrogen-bond acceptors (Lipinski definition) is 4. The number of nitrogens with zero attached hydrogens (tertiary/aromatic N) is 2. The van der Waals surface area contributed by atoms with Crippen LogP contribution < -0.4 is 5.32 Å². The van der Waals surface area contributed by atoms with Crippen LogP contribution in [0, 0.1) is 0 Å². The molecular formula is C15H17N3O2. The standard InChI is InChI=1S/C15H17N3O2/c1-2-3-13-8-12(15(19)20)9-14(18-13)17-10-11-4-6-16-7-5-11/h4-9H,2-3,10H2,1H3,(H,17,18)(H,19,20). The Morgan fingerprint density at radius 2 is 2.05 bits per heavy atom. The Labute approximate surface area is 117 Å². The normalized spacial score (nSPS) is 10.2. The Hall–Kier alpha value is -2.43. The quantitative estimate of drug-likeness (QED) is 0.845. The number of rotatable bonds is 6. The van der Waals surface area contributed by atoms with E-state index >= 15 is 0 Å². The number of anilines is 1. The lowest BCUT2D eigenvalue weighted by Gasteiger charge is -2.09. The predicted octanol–water partition coefficient (Wildman–Crippen LogP) is 2.74. The second-order valence-electron chi connectivity index (χ2n) is 4.50. The molecule has 5 heteroatoms. The van der Waals surface area contributed by atoms with Crippen molar-refractivity contribution in [3.8, 4) is 0 Å². The van der Waals surface area contributed by atoms with E-state index in [1.807, 2.05) is 19.1 Å². The summed E-state index contributed by atoms with van der Waals surface area (Å²) in [6, 6.07) is 6.99. The van der Waals surface area contributed by atoms with E-state index in [0.29, 0.717) is 12.4 Å². The van der Waals surface area contributed by atoms with Gasteiger partial charge in [-0.25, -0.2) is 9.78 Å². The highest BCUT2D eigenvalue weighted by Crippen LogP contribution is 2.13. The molecule has 0 aliphatic heterocycles. The van der Waals surface area contributed by atoms with Crippen LogP contribution in [0.5, 0.6) is 0 Å². The Morgan fingerprint density at radius 3 is 2.70 bits per heavy atom. The van der Waals surface area contributed by atoms with Crippen molar-refractivity contribution >= 4 is 11.8 Å². The summed E-state index contributed by atoms with van der Waals surface area (Å²) in [5.41, 5.74) is 2.13. The van der Waals surface area contributed by atoms with Crippen LogP contribution in [0.25, 0.3) is 0 Å². The van der Waals surface area contributed by atoms with Crippen LogP contribution in [0.4, 0.5) is 5.82 Å². The molecule has 2 N–H and O–H groups in total. The minimum Gasteiger partial charge on any atom is -0.478 e. The van der Waals surface area contributed by atoms with Crippen LogP contribution in [-0.4, -0.2) is 21.0 Å². The van der Waals surface area contributed by atoms with Crippen molar-refractivity contribution in [2.75, 3.05) is 5.32 Å². The summed E-state index contributed by atoms with van der Waals surface area (Å²) in [5.74, 6) is -0.345. The summed E-state index contributed by atoms with van der Waals surface area (Å²) in [6.07, 6.45) is 5.15. The molecule has 2 aromatic rings. The second kappa shape index (κ2) is 6.65. The number of hydrogen-bond donors (Lipinski definition) is 2. The Kier molecular flexibility index (Phi) is 4.65. The van der Waals surface area contributed by atoms with Gasteiger partial charge >= 0.3 is 5.97 Å². The number of carboxylic acid groups (broad SMARTS) is 1. The van der Waals surface area contributed by atoms with Gasteiger partial charge in [0.2, 0.25) is 0 Å². The van der Waals surface area contributed by atoms with Gasteiger partial charge in [0.15, 0.2) is 0 Å². The number of pyridine rings is 2. The molecule has 2 heterocycles. The topological polar surface area (TPSA) is 75.1 Å². The number of aromatic carboxylic acids is 1. The Bertz CT molecular complexity index is 585. The number of aromatic nitrogens is 2. The summed E-state index contributed by atoms with van der Waals surface area (Å²) in [5, 5.41) is 12.3. The van der Waals surface area contributed by atoms with Gasteiger partial charge in [-0.05, 0) is 36.2 Å². The first-order chi connectivity index (χ1) is 9.69. The number of carboxylic acids is 1. The first-order valence-corrected chi connectivity index (χ1v) is 6.56. The molecule has 0 aliphatic rings. The van der Waals surface area contributed by atoms with E-state index in [9.17, 15) is 4.79 Å². The average molecular weight is 271 g/mol. The molecule has 0 bridgehead atoms. The van der Waals surface area contributed by atoms with E-state index in [0.717, 1.165) is 24.1 Å². The van der Waals surface area contributed by atoms with Crippen LogP contribution in [-0.2, 0) is 13.0 Å². The summed E-state index contributed by atoms with van der Waals surface area (Å²) in [7, 11) is 0. The van der Waals surface area contributed by atoms with Crippen molar-refractivity contribution in [1.82, 2.24) is 9.97 Å². The third-order valence-electron chi connectivity index (χ3n) is 2.85. The molecule has 5 nitrogen and oxygen atoms in total. The molecule has 0 aromatic carbocycles. The number of nitrogens with one attached hydrogen (secondary N) is 1. The van der Waals surface area contributed by atoms with Crippen LogP contribution in [0.2, 0.25) is 0 Å². The molecule has 0 spiro atoms. The molecule has 2 aromatic heterocycles. The maximum absolute atomic E-state index is 11.1. The van der Waals surface area contributed by atoms with Crippen LogP contribution in [0.3, 0.4) is 0 Å². The van der Waals surface area contributed by atoms with Gasteiger partial charge in [0.25, 0.3) is 0 Å². The Morgan fingerprint density at radius 1 is 1.30 bits per heavy atom. The zero-order valence-corrected chi connectivity index (χ0v) is 11.3. The molecule has 0 fully saturated rings. The average Bonchev–Trinajstić information content (AvgIpc) is 2.46. The first kappa shape index (κ1) is 14.0. The lowest BCUT2D eigenvalue weighted by molar-refractivity contribution is 0.0696. The molecule has 0 saturated carbocycles. The fraction of sp³-hybridized carbons (Fsp3) is 0.267. The van der Waals surface area contributed by atoms with Crippen molar-refractivity contribution in [3.63, 3.8) is 0 Å². The molecule has 0 saturated heterocycles. The highest BCUT2D eigenvalue weighted by Gasteiger charge is 2.08. The van der Waals surface area contributed by atoms with Crippen molar-refractivity contribution in [1.29, 1.82) is 0 Å². The van der Waals surface area contributed by atoms with E-state index in [-0.39, 0.29) is 5.56 Å². The van der Waals surface area contributed by atoms with Gasteiger partial charge in [0.05, 0.1) is 5.56 Å². The molecular weight excluding hydrogens is 254 g/mol. The third kappa shape index (κ3) is 3.78. The molecule has 0 radical (unpaired) electrons. The number of aryl methyl sites for hydroxylation is 1. The van der Waals surface area contributed by atoms with Crippen molar-refractivity contribution in [2.24, 2.45) is 0 Å². The second-order valence-corrected chi connectivity index (χ2v) is 4.50. The third-order valence-corrected chi connectivity index (χ3v) is 2.85. The molecule has 0 atom stereocenters. The Balaban J connectivity index is 2.15. The van der Waals surface area contributed by atoms with Gasteiger partial charge in [-0.1, -0.05) is 13.3 Å². The van der Waals surface area contributed by atoms with Gasteiger partial charge in [0, 0.05) is 24.6 Å². The monoisotopic (exact) mass is 271 g/mol. The highest BCUT2D eigenvalue weighted by atomic mass is 16.4. The van der Waals surface area contributed by atoms with E-state index in [1.165, 1.54) is 0 Å². The van der Waals surface area contributed by atoms with Gasteiger partial charge < -0.3 is 10.4 Å². The van der Waals surface area contributed by atoms with Crippen molar-refractivity contribution in [2.45, 2.75) is 26.3 Å². The van der Waals surface area contributed by atoms with Crippen LogP contribution in [0.1, 0.15) is 35.0 Å². The highest BCUT2D eigenvalue weighted by molar-refractivity contribution is 5.88. The van der Waals surface area contributed by atoms with Crippen molar-refractivity contribution in [3.05, 3.63) is 53.5 Å². The van der Waals surface area contributed by atoms with E-state index in [1.54, 1.807) is 24.5 Å². The predicted molar refractivity (Wildman–Crippen MR) is 76.8 cm³/mol. The van der Waals surface area contributed by atoms with E-state index < -0.39 is 5.97 Å². The van der Waals surface area contributed by atoms with E-state index in [4.69, 9.17) is 5.11 Å². The van der Waals surface area contributed by atoms with Gasteiger partial charge in [-0.2, -0.15) is 0 Å². The fourth-order valence-corrected chi connectivity index (χ4v) is 1.88. The first-order valence-electron chi connectivity index (χ1n) is 6.56. The largest absolute Gasteiger partial charge is 0.478 e. The summed E-state index contributed by atoms with van der Waals surface area (Å²) in [6.45, 7) is 2.63. The molecule has 20 heavy (non-hydrogen) atoms. The maximum atomic E-state index is 11.1. The van der Waals surface area contributed by atoms with Crippen LogP contribution in [0.15, 0.2) is 36.7 Å². The van der Waals surface area contributed by atoms with Gasteiger partial charge in [-0.15, -0.1) is 0 Å². The van der Waals surface area contributed by atoms with E-state index in [2.05, 4.69) is 15.3 Å². The number of carbonyl (C=O) groups is 1. The maximum Gasteiger partial charge on any atom is 0.335 e. The molecule has 0 amide bonds. The van der Waals surface area contributed by atoms with Crippen molar-refractivity contribution < 1.29 is 9.90 Å². The summed E-state index contributed by atoms with van der Waals surface area (Å²) >= 11 is 0.